The van der Waals surface area contributed by atoms with Gasteiger partial charge in [0.05, 0.1) is 13.1 Å². The Labute approximate surface area is 149 Å². The van der Waals surface area contributed by atoms with Gasteiger partial charge in [-0.25, -0.2) is 0 Å². The molecule has 25 heavy (non-hydrogen) atoms. The van der Waals surface area contributed by atoms with Gasteiger partial charge in [0, 0.05) is 5.75 Å². The van der Waals surface area contributed by atoms with Crippen molar-refractivity contribution in [3.05, 3.63) is 0 Å². The summed E-state index contributed by atoms with van der Waals surface area (Å²) in [7, 11) is 0. The zero-order chi connectivity index (χ0) is 20.4. The predicted molar refractivity (Wildman–Crippen MR) is 91.5 cm³/mol. The molecule has 11 N–H and O–H groups in total. The minimum absolute atomic E-state index is 0.190. The standard InChI is InChI=1S/C5H9NO2.C3H7NO2S.2C2H5NO2/c7-5(8)4-2-1-3-6-4;4-2(1-7)3(5)6;2*3-1-2(4)5/h4,6H,1-3H2,(H,7,8);2,7H,1,4H2,(H,5,6);2*1,3H2,(H,4,5)/t4-;;;/m0.../s1. The normalized spacial score (nSPS) is 15.8. The van der Waals surface area contributed by atoms with Crippen LogP contribution in [0.3, 0.4) is 0 Å². The quantitative estimate of drug-likeness (QED) is 0.218. The number of thiol groups is 1. The van der Waals surface area contributed by atoms with E-state index in [9.17, 15) is 19.2 Å². The fraction of sp³-hybridized carbons (Fsp3) is 0.667. The lowest BCUT2D eigenvalue weighted by Gasteiger charge is -1.99. The summed E-state index contributed by atoms with van der Waals surface area (Å²) in [6.45, 7) is 0.303. The number of hydrogen-bond acceptors (Lipinski definition) is 9. The van der Waals surface area contributed by atoms with Crippen molar-refractivity contribution in [3.8, 4) is 0 Å². The molecule has 0 spiro atoms. The summed E-state index contributed by atoms with van der Waals surface area (Å²) < 4.78 is 0. The lowest BCUT2D eigenvalue weighted by Crippen LogP contribution is -2.31. The highest BCUT2D eigenvalue weighted by molar-refractivity contribution is 7.80. The molecule has 0 amide bonds. The molecule has 0 saturated carbocycles. The van der Waals surface area contributed by atoms with Gasteiger partial charge in [-0.05, 0) is 19.4 Å². The summed E-state index contributed by atoms with van der Waals surface area (Å²) in [5.74, 6) is -3.47. The van der Waals surface area contributed by atoms with Crippen molar-refractivity contribution in [2.24, 2.45) is 17.2 Å². The van der Waals surface area contributed by atoms with Crippen molar-refractivity contribution < 1.29 is 39.6 Å². The molecule has 0 aromatic carbocycles. The Morgan fingerprint density at radius 2 is 1.44 bits per heavy atom. The highest BCUT2D eigenvalue weighted by Crippen LogP contribution is 2.03. The molecule has 12 nitrogen and oxygen atoms in total. The number of carboxylic acids is 4. The van der Waals surface area contributed by atoms with Gasteiger partial charge >= 0.3 is 23.9 Å². The first kappa shape index (κ1) is 27.9. The van der Waals surface area contributed by atoms with Crippen molar-refractivity contribution in [1.82, 2.24) is 5.32 Å². The molecule has 0 bridgehead atoms. The number of rotatable bonds is 5. The molecule has 1 aliphatic heterocycles. The fourth-order valence-electron chi connectivity index (χ4n) is 0.973. The van der Waals surface area contributed by atoms with Gasteiger partial charge in [-0.15, -0.1) is 0 Å². The molecule has 0 aromatic heterocycles. The summed E-state index contributed by atoms with van der Waals surface area (Å²) in [4.78, 5) is 38.4. The van der Waals surface area contributed by atoms with Gasteiger partial charge in [0.2, 0.25) is 0 Å². The lowest BCUT2D eigenvalue weighted by atomic mass is 10.2. The Balaban J connectivity index is -0.000000265. The first-order chi connectivity index (χ1) is 11.5. The van der Waals surface area contributed by atoms with Crippen molar-refractivity contribution >= 4 is 36.5 Å². The molecule has 13 heteroatoms. The van der Waals surface area contributed by atoms with Crippen LogP contribution in [0.15, 0.2) is 0 Å². The van der Waals surface area contributed by atoms with E-state index in [1.165, 1.54) is 0 Å². The summed E-state index contributed by atoms with van der Waals surface area (Å²) in [6.07, 6.45) is 1.78. The average molecular weight is 386 g/mol. The van der Waals surface area contributed by atoms with E-state index < -0.39 is 29.9 Å². The molecule has 1 saturated heterocycles. The van der Waals surface area contributed by atoms with E-state index >= 15 is 0 Å². The number of carbonyl (C=O) groups is 4. The minimum atomic E-state index is -1.00. The Morgan fingerprint density at radius 1 is 1.04 bits per heavy atom. The number of nitrogens with two attached hydrogens (primary N) is 3. The largest absolute Gasteiger partial charge is 0.480 e. The van der Waals surface area contributed by atoms with E-state index in [4.69, 9.17) is 26.2 Å². The summed E-state index contributed by atoms with van der Waals surface area (Å²) >= 11 is 3.65. The highest BCUT2D eigenvalue weighted by Gasteiger charge is 2.20. The van der Waals surface area contributed by atoms with E-state index in [2.05, 4.69) is 29.4 Å². The lowest BCUT2D eigenvalue weighted by molar-refractivity contribution is -0.139. The number of nitrogens with one attached hydrogen (secondary N) is 1. The van der Waals surface area contributed by atoms with Gasteiger partial charge in [0.15, 0.2) is 0 Å². The molecule has 148 valence electrons. The van der Waals surface area contributed by atoms with E-state index in [0.717, 1.165) is 19.4 Å². The maximum atomic E-state index is 10.1. The SMILES string of the molecule is NC(CS)C(=O)O.NCC(=O)O.NCC(=O)O.O=C(O)[C@@H]1CCCN1. The topological polar surface area (TPSA) is 239 Å². The number of carboxylic acid groups (broad SMARTS) is 4. The monoisotopic (exact) mass is 386 g/mol. The highest BCUT2D eigenvalue weighted by atomic mass is 32.1. The van der Waals surface area contributed by atoms with Crippen LogP contribution < -0.4 is 22.5 Å². The van der Waals surface area contributed by atoms with Gasteiger partial charge in [-0.2, -0.15) is 12.6 Å². The van der Waals surface area contributed by atoms with Crippen LogP contribution in [0.4, 0.5) is 0 Å². The Kier molecular flexibility index (Phi) is 20.5. The van der Waals surface area contributed by atoms with Gasteiger partial charge < -0.3 is 42.9 Å². The molecule has 2 atom stereocenters. The van der Waals surface area contributed by atoms with Gasteiger partial charge in [0.25, 0.3) is 0 Å². The number of hydrogen-bond donors (Lipinski definition) is 9. The smallest absolute Gasteiger partial charge is 0.321 e. The van der Waals surface area contributed by atoms with Crippen molar-refractivity contribution in [2.45, 2.75) is 24.9 Å². The van der Waals surface area contributed by atoms with Crippen LogP contribution >= 0.6 is 12.6 Å². The van der Waals surface area contributed by atoms with Crippen LogP contribution in [-0.2, 0) is 19.2 Å². The van der Waals surface area contributed by atoms with E-state index in [0.29, 0.717) is 0 Å². The first-order valence-electron chi connectivity index (χ1n) is 6.92. The molecule has 0 aliphatic carbocycles. The predicted octanol–water partition coefficient (Wildman–Crippen LogP) is -2.79. The van der Waals surface area contributed by atoms with Crippen LogP contribution in [-0.4, -0.2) is 81.8 Å². The molecule has 1 fully saturated rings. The second kappa shape index (κ2) is 18.4. The van der Waals surface area contributed by atoms with Gasteiger partial charge in [0.1, 0.15) is 12.1 Å². The summed E-state index contributed by atoms with van der Waals surface area (Å²) in [5.41, 5.74) is 14.1. The van der Waals surface area contributed by atoms with Gasteiger partial charge in [-0.3, -0.25) is 19.2 Å². The van der Waals surface area contributed by atoms with Crippen molar-refractivity contribution in [1.29, 1.82) is 0 Å². The van der Waals surface area contributed by atoms with Crippen molar-refractivity contribution in [3.63, 3.8) is 0 Å². The zero-order valence-corrected chi connectivity index (χ0v) is 14.4. The molecular formula is C12H26N4O8S. The Bertz CT molecular complexity index is 391. The second-order valence-corrected chi connectivity index (χ2v) is 4.68. The fourth-order valence-corrected chi connectivity index (χ4v) is 1.13. The van der Waals surface area contributed by atoms with Crippen LogP contribution in [0.1, 0.15) is 12.8 Å². The third-order valence-electron chi connectivity index (χ3n) is 2.22. The zero-order valence-electron chi connectivity index (χ0n) is 13.5. The van der Waals surface area contributed by atoms with E-state index in [-0.39, 0.29) is 24.9 Å². The maximum Gasteiger partial charge on any atom is 0.321 e. The molecule has 1 heterocycles. The van der Waals surface area contributed by atoms with Crippen LogP contribution in [0.2, 0.25) is 0 Å². The van der Waals surface area contributed by atoms with Crippen LogP contribution in [0.5, 0.6) is 0 Å². The minimum Gasteiger partial charge on any atom is -0.480 e. The second-order valence-electron chi connectivity index (χ2n) is 4.31. The number of aliphatic carboxylic acids is 4. The molecule has 0 radical (unpaired) electrons. The molecule has 1 rings (SSSR count). The van der Waals surface area contributed by atoms with Crippen LogP contribution in [0, 0.1) is 0 Å². The molecule has 1 unspecified atom stereocenters. The molecular weight excluding hydrogens is 360 g/mol. The average Bonchev–Trinajstić information content (AvgIpc) is 3.10. The maximum absolute atomic E-state index is 10.1. The Hall–Kier alpha value is -1.93. The third kappa shape index (κ3) is 24.4. The summed E-state index contributed by atoms with van der Waals surface area (Å²) in [6, 6.07) is -1.08. The third-order valence-corrected chi connectivity index (χ3v) is 2.61. The van der Waals surface area contributed by atoms with E-state index in [1.807, 2.05) is 0 Å². The van der Waals surface area contributed by atoms with Gasteiger partial charge in [-0.1, -0.05) is 0 Å². The molecule has 1 aliphatic rings. The van der Waals surface area contributed by atoms with Crippen LogP contribution in [0.25, 0.3) is 0 Å². The first-order valence-corrected chi connectivity index (χ1v) is 7.55. The molecule has 0 aromatic rings. The van der Waals surface area contributed by atoms with E-state index in [1.54, 1.807) is 0 Å². The summed E-state index contributed by atoms with van der Waals surface area (Å²) in [5, 5.41) is 34.4. The van der Waals surface area contributed by atoms with Crippen molar-refractivity contribution in [2.75, 3.05) is 25.4 Å². The Morgan fingerprint density at radius 3 is 1.52 bits per heavy atom.